The number of carbonyl (C=O) groups excluding carboxylic acids is 2. The van der Waals surface area contributed by atoms with E-state index in [1.807, 2.05) is 6.92 Å². The van der Waals surface area contributed by atoms with Gasteiger partial charge in [-0.3, -0.25) is 4.79 Å². The number of aryl methyl sites for hydroxylation is 2. The third-order valence-electron chi connectivity index (χ3n) is 6.52. The highest BCUT2D eigenvalue weighted by molar-refractivity contribution is 5.97. The number of rotatable bonds is 8. The maximum atomic E-state index is 12.9. The molecule has 1 aromatic heterocycles. The van der Waals surface area contributed by atoms with Gasteiger partial charge in [0.15, 0.2) is 17.2 Å². The maximum absolute atomic E-state index is 12.9. The van der Waals surface area contributed by atoms with Gasteiger partial charge in [0.2, 0.25) is 0 Å². The molecule has 7 nitrogen and oxygen atoms in total. The molecule has 0 bridgehead atoms. The van der Waals surface area contributed by atoms with Crippen molar-refractivity contribution >= 4 is 11.9 Å². The maximum Gasteiger partial charge on any atom is 0.328 e. The number of ether oxygens (including phenoxy) is 2. The second-order valence-corrected chi connectivity index (χ2v) is 8.98. The first-order valence-corrected chi connectivity index (χ1v) is 11.5. The second kappa shape index (κ2) is 10.7. The van der Waals surface area contributed by atoms with Crippen LogP contribution < -0.4 is 10.1 Å². The summed E-state index contributed by atoms with van der Waals surface area (Å²) in [6.07, 6.45) is 5.63. The Morgan fingerprint density at radius 2 is 1.85 bits per heavy atom. The summed E-state index contributed by atoms with van der Waals surface area (Å²) in [5.74, 6) is -0.883. The van der Waals surface area contributed by atoms with E-state index in [1.165, 1.54) is 48.9 Å². The lowest BCUT2D eigenvalue weighted by Crippen LogP contribution is -2.42. The average molecular weight is 455 g/mol. The molecule has 0 radical (unpaired) electrons. The molecule has 1 aliphatic carbocycles. The third kappa shape index (κ3) is 5.64. The monoisotopic (exact) mass is 454 g/mol. The lowest BCUT2D eigenvalue weighted by atomic mass is 9.79. The molecular formula is C26H34N2O5. The summed E-state index contributed by atoms with van der Waals surface area (Å²) in [5.41, 5.74) is 3.42. The summed E-state index contributed by atoms with van der Waals surface area (Å²) in [6, 6.07) is 6.97. The number of nitrogens with one attached hydrogen (secondary N) is 1. The molecule has 0 saturated heterocycles. The number of pyridine rings is 1. The van der Waals surface area contributed by atoms with Crippen LogP contribution in [0.15, 0.2) is 30.5 Å². The van der Waals surface area contributed by atoms with E-state index >= 15 is 0 Å². The SMILES string of the molecule is COc1ccnc(C(=O)N[C@@H](C)C(=O)O[C@@H](C)[C@@H](c2ccc(C)cc2C)C2CCCC2)c1O. The van der Waals surface area contributed by atoms with Crippen LogP contribution in [-0.4, -0.2) is 41.2 Å². The Bertz CT molecular complexity index is 1000. The van der Waals surface area contributed by atoms with Gasteiger partial charge in [-0.15, -0.1) is 0 Å². The summed E-state index contributed by atoms with van der Waals surface area (Å²) >= 11 is 0. The number of esters is 1. The number of hydrogen-bond donors (Lipinski definition) is 2. The van der Waals surface area contributed by atoms with Crippen molar-refractivity contribution in [2.24, 2.45) is 5.92 Å². The number of hydrogen-bond acceptors (Lipinski definition) is 6. The van der Waals surface area contributed by atoms with Crippen LogP contribution >= 0.6 is 0 Å². The van der Waals surface area contributed by atoms with Gasteiger partial charge in [0.25, 0.3) is 5.91 Å². The zero-order chi connectivity index (χ0) is 24.1. The third-order valence-corrected chi connectivity index (χ3v) is 6.52. The number of aromatic hydroxyl groups is 1. The van der Waals surface area contributed by atoms with E-state index in [2.05, 4.69) is 42.3 Å². The van der Waals surface area contributed by atoms with Crippen molar-refractivity contribution < 1.29 is 24.2 Å². The largest absolute Gasteiger partial charge is 0.503 e. The minimum absolute atomic E-state index is 0.101. The van der Waals surface area contributed by atoms with E-state index in [4.69, 9.17) is 9.47 Å². The first-order chi connectivity index (χ1) is 15.7. The minimum atomic E-state index is -0.907. The molecule has 1 aliphatic rings. The van der Waals surface area contributed by atoms with Gasteiger partial charge in [-0.1, -0.05) is 36.6 Å². The Morgan fingerprint density at radius 1 is 1.15 bits per heavy atom. The summed E-state index contributed by atoms with van der Waals surface area (Å²) in [7, 11) is 1.38. The number of benzene rings is 1. The first-order valence-electron chi connectivity index (χ1n) is 11.5. The number of carbonyl (C=O) groups is 2. The lowest BCUT2D eigenvalue weighted by Gasteiger charge is -2.31. The van der Waals surface area contributed by atoms with Crippen LogP contribution in [0.2, 0.25) is 0 Å². The van der Waals surface area contributed by atoms with Gasteiger partial charge in [0.1, 0.15) is 12.1 Å². The molecule has 0 spiro atoms. The Kier molecular flexibility index (Phi) is 7.95. The number of amides is 1. The zero-order valence-corrected chi connectivity index (χ0v) is 20.1. The zero-order valence-electron chi connectivity index (χ0n) is 20.1. The Labute approximate surface area is 195 Å². The van der Waals surface area contributed by atoms with Crippen molar-refractivity contribution in [3.8, 4) is 11.5 Å². The Balaban J connectivity index is 1.72. The molecule has 0 aliphatic heterocycles. The van der Waals surface area contributed by atoms with Crippen molar-refractivity contribution in [2.75, 3.05) is 7.11 Å². The van der Waals surface area contributed by atoms with Gasteiger partial charge < -0.3 is 19.9 Å². The highest BCUT2D eigenvalue weighted by atomic mass is 16.5. The van der Waals surface area contributed by atoms with Gasteiger partial charge in [-0.25, -0.2) is 9.78 Å². The van der Waals surface area contributed by atoms with Crippen molar-refractivity contribution in [3.05, 3.63) is 52.8 Å². The molecule has 3 atom stereocenters. The summed E-state index contributed by atoms with van der Waals surface area (Å²) < 4.78 is 10.9. The van der Waals surface area contributed by atoms with E-state index in [9.17, 15) is 14.7 Å². The summed E-state index contributed by atoms with van der Waals surface area (Å²) in [5, 5.41) is 12.7. The second-order valence-electron chi connectivity index (χ2n) is 8.98. The Morgan fingerprint density at radius 3 is 2.48 bits per heavy atom. The van der Waals surface area contributed by atoms with Gasteiger partial charge in [-0.05, 0) is 57.6 Å². The molecule has 1 amide bonds. The van der Waals surface area contributed by atoms with Crippen LogP contribution in [0.5, 0.6) is 11.5 Å². The lowest BCUT2D eigenvalue weighted by molar-refractivity contribution is -0.151. The molecule has 178 valence electrons. The summed E-state index contributed by atoms with van der Waals surface area (Å²) in [4.78, 5) is 29.4. The molecule has 1 aromatic carbocycles. The topological polar surface area (TPSA) is 97.8 Å². The van der Waals surface area contributed by atoms with Crippen LogP contribution in [-0.2, 0) is 9.53 Å². The quantitative estimate of drug-likeness (QED) is 0.573. The van der Waals surface area contributed by atoms with Crippen molar-refractivity contribution in [1.29, 1.82) is 0 Å². The van der Waals surface area contributed by atoms with E-state index in [-0.39, 0.29) is 29.2 Å². The van der Waals surface area contributed by atoms with E-state index in [0.29, 0.717) is 5.92 Å². The fraction of sp³-hybridized carbons (Fsp3) is 0.500. The molecule has 2 N–H and O–H groups in total. The number of aromatic nitrogens is 1. The number of nitrogens with zero attached hydrogens (tertiary/aromatic N) is 1. The van der Waals surface area contributed by atoms with Gasteiger partial charge >= 0.3 is 5.97 Å². The average Bonchev–Trinajstić information content (AvgIpc) is 3.29. The predicted molar refractivity (Wildman–Crippen MR) is 126 cm³/mol. The van der Waals surface area contributed by atoms with Crippen molar-refractivity contribution in [2.45, 2.75) is 71.4 Å². The number of methoxy groups -OCH3 is 1. The Hall–Kier alpha value is -3.09. The highest BCUT2D eigenvalue weighted by Gasteiger charge is 2.34. The van der Waals surface area contributed by atoms with Crippen LogP contribution in [0.25, 0.3) is 0 Å². The fourth-order valence-corrected chi connectivity index (χ4v) is 4.86. The van der Waals surface area contributed by atoms with Crippen molar-refractivity contribution in [1.82, 2.24) is 10.3 Å². The fourth-order valence-electron chi connectivity index (χ4n) is 4.86. The van der Waals surface area contributed by atoms with Gasteiger partial charge in [0, 0.05) is 18.2 Å². The first kappa shape index (κ1) is 24.6. The molecule has 1 heterocycles. The van der Waals surface area contributed by atoms with Gasteiger partial charge in [-0.2, -0.15) is 0 Å². The van der Waals surface area contributed by atoms with Crippen LogP contribution in [0.3, 0.4) is 0 Å². The molecule has 1 fully saturated rings. The molecule has 7 heteroatoms. The predicted octanol–water partition coefficient (Wildman–Crippen LogP) is 4.44. The van der Waals surface area contributed by atoms with E-state index in [1.54, 1.807) is 6.92 Å². The van der Waals surface area contributed by atoms with E-state index in [0.717, 1.165) is 12.8 Å². The summed E-state index contributed by atoms with van der Waals surface area (Å²) in [6.45, 7) is 7.68. The van der Waals surface area contributed by atoms with Crippen LogP contribution in [0.4, 0.5) is 0 Å². The molecule has 2 aromatic rings. The van der Waals surface area contributed by atoms with Crippen LogP contribution in [0.1, 0.15) is 72.6 Å². The van der Waals surface area contributed by atoms with Crippen LogP contribution in [0, 0.1) is 19.8 Å². The van der Waals surface area contributed by atoms with Gasteiger partial charge in [0.05, 0.1) is 7.11 Å². The highest BCUT2D eigenvalue weighted by Crippen LogP contribution is 2.41. The molecule has 3 rings (SSSR count). The minimum Gasteiger partial charge on any atom is -0.503 e. The molecule has 1 saturated carbocycles. The molecule has 0 unspecified atom stereocenters. The molecular weight excluding hydrogens is 420 g/mol. The smallest absolute Gasteiger partial charge is 0.328 e. The normalized spacial score (nSPS) is 16.6. The molecule has 33 heavy (non-hydrogen) atoms. The van der Waals surface area contributed by atoms with Crippen molar-refractivity contribution in [3.63, 3.8) is 0 Å². The van der Waals surface area contributed by atoms with E-state index < -0.39 is 17.9 Å². The standard InChI is InChI=1S/C26H34N2O5/c1-15-10-11-20(16(2)14-15)22(19-8-6-7-9-19)18(4)33-26(31)17(3)28-25(30)23-24(29)21(32-5)12-13-27-23/h10-14,17-19,22,29H,6-9H2,1-5H3,(H,28,30)/t17-,18-,22+/m0/s1.